The van der Waals surface area contributed by atoms with E-state index in [2.05, 4.69) is 21.3 Å². The lowest BCUT2D eigenvalue weighted by molar-refractivity contribution is -0.125. The number of hydrogen-bond donors (Lipinski definition) is 1. The van der Waals surface area contributed by atoms with Crippen molar-refractivity contribution in [3.05, 3.63) is 42.0 Å². The smallest absolute Gasteiger partial charge is 0.244 e. The number of fused-ring (bicyclic) bond motifs is 2. The number of carbonyl (C=O) groups excluding carboxylic acids is 1. The van der Waals surface area contributed by atoms with Crippen LogP contribution in [-0.2, 0) is 17.9 Å². The number of amides is 1. The molecule has 3 aliphatic rings. The molecule has 1 aromatic heterocycles. The van der Waals surface area contributed by atoms with E-state index in [4.69, 9.17) is 9.47 Å². The van der Waals surface area contributed by atoms with E-state index < -0.39 is 0 Å². The Hall–Kier alpha value is -2.54. The first kappa shape index (κ1) is 14.8. The molecular weight excluding hydrogens is 320 g/mol. The quantitative estimate of drug-likeness (QED) is 0.912. The maximum atomic E-state index is 12.6. The van der Waals surface area contributed by atoms with Crippen molar-refractivity contribution in [1.82, 2.24) is 19.8 Å². The second-order valence-electron chi connectivity index (χ2n) is 6.95. The van der Waals surface area contributed by atoms with Gasteiger partial charge in [-0.25, -0.2) is 4.98 Å². The van der Waals surface area contributed by atoms with Gasteiger partial charge in [0.2, 0.25) is 12.7 Å². The largest absolute Gasteiger partial charge is 0.454 e. The Morgan fingerprint density at radius 1 is 1.28 bits per heavy atom. The Morgan fingerprint density at radius 2 is 2.16 bits per heavy atom. The number of imidazole rings is 1. The predicted molar refractivity (Wildman–Crippen MR) is 89.1 cm³/mol. The first-order chi connectivity index (χ1) is 12.3. The first-order valence-corrected chi connectivity index (χ1v) is 8.68. The Labute approximate surface area is 145 Å². The molecule has 3 heterocycles. The third-order valence-electron chi connectivity index (χ3n) is 4.97. The highest BCUT2D eigenvalue weighted by Crippen LogP contribution is 2.33. The Morgan fingerprint density at radius 3 is 3.04 bits per heavy atom. The van der Waals surface area contributed by atoms with E-state index in [1.807, 2.05) is 22.9 Å². The van der Waals surface area contributed by atoms with E-state index >= 15 is 0 Å². The van der Waals surface area contributed by atoms with Crippen LogP contribution in [-0.4, -0.2) is 39.7 Å². The summed E-state index contributed by atoms with van der Waals surface area (Å²) in [6.07, 6.45) is 5.81. The second-order valence-corrected chi connectivity index (χ2v) is 6.95. The molecule has 1 fully saturated rings. The van der Waals surface area contributed by atoms with Crippen molar-refractivity contribution in [1.29, 1.82) is 0 Å². The molecule has 2 aromatic rings. The summed E-state index contributed by atoms with van der Waals surface area (Å²) in [5, 5.41) is 3.12. The van der Waals surface area contributed by atoms with Crippen molar-refractivity contribution in [2.24, 2.45) is 0 Å². The summed E-state index contributed by atoms with van der Waals surface area (Å²) in [6, 6.07) is 6.17. The Kier molecular flexibility index (Phi) is 3.41. The van der Waals surface area contributed by atoms with E-state index in [-0.39, 0.29) is 18.7 Å². The summed E-state index contributed by atoms with van der Waals surface area (Å²) in [5.41, 5.74) is 2.22. The molecule has 1 aliphatic carbocycles. The molecule has 2 aliphatic heterocycles. The normalized spacial score (nSPS) is 21.8. The van der Waals surface area contributed by atoms with Crippen LogP contribution >= 0.6 is 0 Å². The molecule has 7 nitrogen and oxygen atoms in total. The van der Waals surface area contributed by atoms with Gasteiger partial charge in [0.1, 0.15) is 6.04 Å². The van der Waals surface area contributed by atoms with E-state index in [1.165, 1.54) is 0 Å². The van der Waals surface area contributed by atoms with Crippen LogP contribution in [0.3, 0.4) is 0 Å². The van der Waals surface area contributed by atoms with Gasteiger partial charge < -0.3 is 19.4 Å². The fraction of sp³-hybridized carbons (Fsp3) is 0.444. The minimum absolute atomic E-state index is 0.0946. The highest BCUT2D eigenvalue weighted by molar-refractivity contribution is 5.81. The maximum absolute atomic E-state index is 12.6. The Bertz CT molecular complexity index is 814. The summed E-state index contributed by atoms with van der Waals surface area (Å²) in [4.78, 5) is 19.2. The lowest BCUT2D eigenvalue weighted by atomic mass is 10.1. The molecule has 0 unspecified atom stereocenters. The molecule has 25 heavy (non-hydrogen) atoms. The second kappa shape index (κ2) is 5.77. The summed E-state index contributed by atoms with van der Waals surface area (Å²) in [5.74, 6) is 1.68. The molecule has 0 bridgehead atoms. The van der Waals surface area contributed by atoms with Crippen LogP contribution in [0.1, 0.15) is 30.1 Å². The molecule has 1 amide bonds. The van der Waals surface area contributed by atoms with Crippen molar-refractivity contribution >= 4 is 5.91 Å². The van der Waals surface area contributed by atoms with Crippen LogP contribution in [0.2, 0.25) is 0 Å². The summed E-state index contributed by atoms with van der Waals surface area (Å²) in [7, 11) is 0. The zero-order valence-electron chi connectivity index (χ0n) is 13.9. The van der Waals surface area contributed by atoms with Crippen LogP contribution in [0.4, 0.5) is 0 Å². The average molecular weight is 340 g/mol. The molecule has 1 atom stereocenters. The third kappa shape index (κ3) is 2.84. The first-order valence-electron chi connectivity index (χ1n) is 8.68. The molecule has 130 valence electrons. The number of nitrogens with one attached hydrogen (secondary N) is 1. The van der Waals surface area contributed by atoms with Gasteiger partial charge in [-0.3, -0.25) is 9.69 Å². The van der Waals surface area contributed by atoms with Gasteiger partial charge in [-0.2, -0.15) is 0 Å². The van der Waals surface area contributed by atoms with Crippen LogP contribution in [0.15, 0.2) is 30.7 Å². The zero-order chi connectivity index (χ0) is 16.8. The van der Waals surface area contributed by atoms with Crippen molar-refractivity contribution in [3.8, 4) is 11.5 Å². The molecule has 0 saturated heterocycles. The number of aromatic nitrogens is 2. The lowest BCUT2D eigenvalue weighted by Gasteiger charge is -2.33. The number of hydrogen-bond acceptors (Lipinski definition) is 5. The molecule has 1 N–H and O–H groups in total. The molecule has 7 heteroatoms. The van der Waals surface area contributed by atoms with Gasteiger partial charge in [0.15, 0.2) is 11.5 Å². The summed E-state index contributed by atoms with van der Waals surface area (Å²) < 4.78 is 12.8. The van der Waals surface area contributed by atoms with Gasteiger partial charge in [-0.15, -0.1) is 0 Å². The summed E-state index contributed by atoms with van der Waals surface area (Å²) >= 11 is 0. The molecule has 0 radical (unpaired) electrons. The van der Waals surface area contributed by atoms with E-state index in [9.17, 15) is 4.79 Å². The van der Waals surface area contributed by atoms with Crippen LogP contribution in [0.25, 0.3) is 0 Å². The molecule has 1 saturated carbocycles. The lowest BCUT2D eigenvalue weighted by Crippen LogP contribution is -2.44. The highest BCUT2D eigenvalue weighted by atomic mass is 16.7. The van der Waals surface area contributed by atoms with E-state index in [1.54, 1.807) is 6.33 Å². The zero-order valence-corrected chi connectivity index (χ0v) is 13.9. The van der Waals surface area contributed by atoms with E-state index in [0.29, 0.717) is 12.6 Å². The van der Waals surface area contributed by atoms with Gasteiger partial charge >= 0.3 is 0 Å². The van der Waals surface area contributed by atoms with E-state index in [0.717, 1.165) is 48.7 Å². The topological polar surface area (TPSA) is 68.6 Å². The molecular formula is C18H20N4O3. The number of carbonyl (C=O) groups is 1. The monoisotopic (exact) mass is 340 g/mol. The minimum Gasteiger partial charge on any atom is -0.454 e. The predicted octanol–water partition coefficient (Wildman–Crippen LogP) is 1.45. The Balaban J connectivity index is 1.35. The van der Waals surface area contributed by atoms with Crippen molar-refractivity contribution in [2.45, 2.75) is 38.0 Å². The third-order valence-corrected chi connectivity index (χ3v) is 4.97. The van der Waals surface area contributed by atoms with Crippen molar-refractivity contribution < 1.29 is 14.3 Å². The number of benzene rings is 1. The number of ether oxygens (including phenoxy) is 2. The molecule has 0 spiro atoms. The molecule has 1 aromatic carbocycles. The fourth-order valence-electron chi connectivity index (χ4n) is 3.51. The molecule has 5 rings (SSSR count). The van der Waals surface area contributed by atoms with Gasteiger partial charge in [0, 0.05) is 31.9 Å². The van der Waals surface area contributed by atoms with Crippen LogP contribution in [0, 0.1) is 0 Å². The van der Waals surface area contributed by atoms with Gasteiger partial charge in [-0.05, 0) is 30.5 Å². The number of nitrogens with zero attached hydrogens (tertiary/aromatic N) is 3. The van der Waals surface area contributed by atoms with Gasteiger partial charge in [0.05, 0.1) is 12.0 Å². The number of rotatable bonds is 4. The summed E-state index contributed by atoms with van der Waals surface area (Å²) in [6.45, 7) is 2.50. The van der Waals surface area contributed by atoms with Crippen molar-refractivity contribution in [2.75, 3.05) is 13.3 Å². The van der Waals surface area contributed by atoms with Gasteiger partial charge in [-0.1, -0.05) is 6.07 Å². The standard InChI is InChI=1S/C18H20N4O3/c23-18(20-13-2-3-13)15-9-21(8-14-6-19-10-22(14)15)7-12-1-4-16-17(5-12)25-11-24-16/h1,4-6,10,13,15H,2-3,7-9,11H2,(H,20,23)/t15-/m1/s1. The SMILES string of the molecule is O=C(NC1CC1)[C@H]1CN(Cc2ccc3c(c2)OCO3)Cc2cncn21. The van der Waals surface area contributed by atoms with Gasteiger partial charge in [0.25, 0.3) is 0 Å². The van der Waals surface area contributed by atoms with Crippen LogP contribution in [0.5, 0.6) is 11.5 Å². The minimum atomic E-state index is -0.221. The fourth-order valence-corrected chi connectivity index (χ4v) is 3.51. The van der Waals surface area contributed by atoms with Crippen molar-refractivity contribution in [3.63, 3.8) is 0 Å². The highest BCUT2D eigenvalue weighted by Gasteiger charge is 2.33. The average Bonchev–Trinajstić information content (AvgIpc) is 3.10. The maximum Gasteiger partial charge on any atom is 0.244 e. The van der Waals surface area contributed by atoms with Crippen LogP contribution < -0.4 is 14.8 Å².